The molecular formula is C17H25N3OS. The molecule has 22 heavy (non-hydrogen) atoms. The average molecular weight is 319 g/mol. The van der Waals surface area contributed by atoms with Crippen LogP contribution in [0.4, 0.5) is 0 Å². The summed E-state index contributed by atoms with van der Waals surface area (Å²) in [5, 5.41) is 3.32. The first-order valence-corrected chi connectivity index (χ1v) is 9.30. The molecule has 4 nitrogen and oxygen atoms in total. The topological polar surface area (TPSA) is 35.6 Å². The van der Waals surface area contributed by atoms with Gasteiger partial charge >= 0.3 is 0 Å². The number of carbonyl (C=O) groups excluding carboxylic acids is 1. The molecule has 0 aliphatic carbocycles. The maximum atomic E-state index is 12.6. The second-order valence-electron chi connectivity index (χ2n) is 6.14. The minimum Gasteiger partial charge on any atom is -0.333 e. The van der Waals surface area contributed by atoms with Crippen LogP contribution >= 0.6 is 11.8 Å². The van der Waals surface area contributed by atoms with Crippen LogP contribution in [-0.4, -0.2) is 66.0 Å². The van der Waals surface area contributed by atoms with E-state index >= 15 is 0 Å². The largest absolute Gasteiger partial charge is 0.333 e. The Kier molecular flexibility index (Phi) is 5.39. The van der Waals surface area contributed by atoms with Crippen LogP contribution in [0.3, 0.4) is 0 Å². The van der Waals surface area contributed by atoms with Crippen molar-refractivity contribution in [3.05, 3.63) is 35.4 Å². The molecule has 5 heteroatoms. The molecule has 0 bridgehead atoms. The minimum absolute atomic E-state index is 0.162. The lowest BCUT2D eigenvalue weighted by Gasteiger charge is -2.34. The van der Waals surface area contributed by atoms with Crippen LogP contribution in [0.2, 0.25) is 0 Å². The molecule has 2 fully saturated rings. The second kappa shape index (κ2) is 7.49. The van der Waals surface area contributed by atoms with Gasteiger partial charge in [-0.2, -0.15) is 11.8 Å². The summed E-state index contributed by atoms with van der Waals surface area (Å²) in [7, 11) is 0. The lowest BCUT2D eigenvalue weighted by molar-refractivity contribution is 0.0656. The number of rotatable bonds is 3. The van der Waals surface area contributed by atoms with Crippen molar-refractivity contribution < 1.29 is 4.79 Å². The summed E-state index contributed by atoms with van der Waals surface area (Å²) in [5.41, 5.74) is 2.11. The molecule has 0 saturated carbocycles. The fraction of sp³-hybridized carbons (Fsp3) is 0.588. The Bertz CT molecular complexity index is 499. The van der Waals surface area contributed by atoms with E-state index in [9.17, 15) is 4.79 Å². The summed E-state index contributed by atoms with van der Waals surface area (Å²) in [6.07, 6.45) is 0. The van der Waals surface area contributed by atoms with Crippen molar-refractivity contribution in [2.24, 2.45) is 0 Å². The number of thioether (sulfide) groups is 1. The molecule has 2 heterocycles. The quantitative estimate of drug-likeness (QED) is 0.919. The first kappa shape index (κ1) is 15.8. The predicted molar refractivity (Wildman–Crippen MR) is 92.4 cm³/mol. The van der Waals surface area contributed by atoms with Gasteiger partial charge < -0.3 is 10.2 Å². The van der Waals surface area contributed by atoms with E-state index in [-0.39, 0.29) is 11.9 Å². The smallest absolute Gasteiger partial charge is 0.254 e. The van der Waals surface area contributed by atoms with Gasteiger partial charge in [-0.3, -0.25) is 9.69 Å². The molecule has 0 aromatic heterocycles. The number of hydrogen-bond acceptors (Lipinski definition) is 4. The Hall–Kier alpha value is -1.04. The van der Waals surface area contributed by atoms with E-state index in [1.54, 1.807) is 0 Å². The summed E-state index contributed by atoms with van der Waals surface area (Å²) in [6, 6.07) is 8.48. The fourth-order valence-electron chi connectivity index (χ4n) is 3.08. The molecule has 3 rings (SSSR count). The molecule has 1 aromatic rings. The number of nitrogens with one attached hydrogen (secondary N) is 1. The number of carbonyl (C=O) groups is 1. The van der Waals surface area contributed by atoms with Crippen molar-refractivity contribution in [2.75, 3.05) is 44.2 Å². The van der Waals surface area contributed by atoms with Crippen LogP contribution in [0.15, 0.2) is 24.3 Å². The van der Waals surface area contributed by atoms with Gasteiger partial charge in [0.15, 0.2) is 0 Å². The molecule has 0 unspecified atom stereocenters. The van der Waals surface area contributed by atoms with E-state index in [0.717, 1.165) is 31.7 Å². The third-order valence-corrected chi connectivity index (χ3v) is 5.42. The highest BCUT2D eigenvalue weighted by Crippen LogP contribution is 2.15. The number of nitrogens with zero attached hydrogens (tertiary/aromatic N) is 2. The monoisotopic (exact) mass is 319 g/mol. The van der Waals surface area contributed by atoms with Crippen LogP contribution < -0.4 is 5.32 Å². The Labute approximate surface area is 137 Å². The summed E-state index contributed by atoms with van der Waals surface area (Å²) < 4.78 is 0. The molecule has 1 atom stereocenters. The normalized spacial score (nSPS) is 23.5. The third-order valence-electron chi connectivity index (χ3n) is 4.47. The Balaban J connectivity index is 1.61. The Morgan fingerprint density at radius 2 is 1.95 bits per heavy atom. The lowest BCUT2D eigenvalue weighted by atomic mass is 10.1. The SMILES string of the molecule is C[C@@H]1CNCCN1C(=O)c1ccc(CN2CCSCC2)cc1. The van der Waals surface area contributed by atoms with Crippen LogP contribution in [0.25, 0.3) is 0 Å². The molecule has 1 N–H and O–H groups in total. The van der Waals surface area contributed by atoms with Gasteiger partial charge in [0.2, 0.25) is 0 Å². The van der Waals surface area contributed by atoms with Gasteiger partial charge in [0.1, 0.15) is 0 Å². The third kappa shape index (κ3) is 3.83. The molecule has 120 valence electrons. The van der Waals surface area contributed by atoms with E-state index in [4.69, 9.17) is 0 Å². The Morgan fingerprint density at radius 1 is 1.23 bits per heavy atom. The maximum absolute atomic E-state index is 12.6. The Morgan fingerprint density at radius 3 is 2.64 bits per heavy atom. The van der Waals surface area contributed by atoms with Crippen LogP contribution in [-0.2, 0) is 6.54 Å². The van der Waals surface area contributed by atoms with Crippen LogP contribution in [0.5, 0.6) is 0 Å². The van der Waals surface area contributed by atoms with Crippen molar-refractivity contribution >= 4 is 17.7 Å². The first-order chi connectivity index (χ1) is 10.7. The van der Waals surface area contributed by atoms with Gasteiger partial charge in [0.25, 0.3) is 5.91 Å². The van der Waals surface area contributed by atoms with Gasteiger partial charge in [0, 0.05) is 62.4 Å². The van der Waals surface area contributed by atoms with E-state index in [0.29, 0.717) is 0 Å². The highest BCUT2D eigenvalue weighted by atomic mass is 32.2. The zero-order valence-corrected chi connectivity index (χ0v) is 14.1. The molecular weight excluding hydrogens is 294 g/mol. The molecule has 2 aliphatic heterocycles. The summed E-state index contributed by atoms with van der Waals surface area (Å²) >= 11 is 2.03. The summed E-state index contributed by atoms with van der Waals surface area (Å²) in [5.74, 6) is 2.63. The number of piperazine rings is 1. The fourth-order valence-corrected chi connectivity index (χ4v) is 4.06. The van der Waals surface area contributed by atoms with E-state index in [1.165, 1.54) is 30.2 Å². The van der Waals surface area contributed by atoms with Crippen molar-refractivity contribution in [2.45, 2.75) is 19.5 Å². The highest BCUT2D eigenvalue weighted by molar-refractivity contribution is 7.99. The number of amides is 1. The zero-order chi connectivity index (χ0) is 15.4. The van der Waals surface area contributed by atoms with Gasteiger partial charge in [-0.05, 0) is 24.6 Å². The highest BCUT2D eigenvalue weighted by Gasteiger charge is 2.23. The first-order valence-electron chi connectivity index (χ1n) is 8.15. The van der Waals surface area contributed by atoms with Crippen molar-refractivity contribution in [1.29, 1.82) is 0 Å². The molecule has 1 aromatic carbocycles. The zero-order valence-electron chi connectivity index (χ0n) is 13.3. The maximum Gasteiger partial charge on any atom is 0.254 e. The summed E-state index contributed by atoms with van der Waals surface area (Å²) in [6.45, 7) is 8.02. The van der Waals surface area contributed by atoms with Gasteiger partial charge in [-0.1, -0.05) is 12.1 Å². The standard InChI is InChI=1S/C17H25N3OS/c1-14-12-18-6-7-20(14)17(21)16-4-2-15(3-5-16)13-19-8-10-22-11-9-19/h2-5,14,18H,6-13H2,1H3/t14-/m1/s1. The lowest BCUT2D eigenvalue weighted by Crippen LogP contribution is -2.52. The van der Waals surface area contributed by atoms with Gasteiger partial charge in [-0.25, -0.2) is 0 Å². The van der Waals surface area contributed by atoms with Gasteiger partial charge in [0.05, 0.1) is 0 Å². The molecule has 1 amide bonds. The average Bonchev–Trinajstić information content (AvgIpc) is 2.56. The van der Waals surface area contributed by atoms with E-state index < -0.39 is 0 Å². The molecule has 0 radical (unpaired) electrons. The number of benzene rings is 1. The molecule has 0 spiro atoms. The number of hydrogen-bond donors (Lipinski definition) is 1. The van der Waals surface area contributed by atoms with Crippen molar-refractivity contribution in [3.8, 4) is 0 Å². The predicted octanol–water partition coefficient (Wildman–Crippen LogP) is 1.67. The van der Waals surface area contributed by atoms with E-state index in [1.807, 2.05) is 28.8 Å². The van der Waals surface area contributed by atoms with Crippen LogP contribution in [0, 0.1) is 0 Å². The molecule has 2 saturated heterocycles. The minimum atomic E-state index is 0.162. The summed E-state index contributed by atoms with van der Waals surface area (Å²) in [4.78, 5) is 17.1. The second-order valence-corrected chi connectivity index (χ2v) is 7.36. The van der Waals surface area contributed by atoms with E-state index in [2.05, 4.69) is 29.3 Å². The van der Waals surface area contributed by atoms with Crippen molar-refractivity contribution in [3.63, 3.8) is 0 Å². The van der Waals surface area contributed by atoms with Crippen LogP contribution in [0.1, 0.15) is 22.8 Å². The molecule has 2 aliphatic rings. The van der Waals surface area contributed by atoms with Crippen molar-refractivity contribution in [1.82, 2.24) is 15.1 Å². The van der Waals surface area contributed by atoms with Gasteiger partial charge in [-0.15, -0.1) is 0 Å².